The number of carboxylic acids is 1. The number of rotatable bonds is 11. The van der Waals surface area contributed by atoms with Crippen LogP contribution in [0.4, 0.5) is 0 Å². The number of aliphatic hydroxyl groups excluding tert-OH is 1. The Morgan fingerprint density at radius 3 is 2.39 bits per heavy atom. The molecular formula is C33H40N4O6S. The summed E-state index contributed by atoms with van der Waals surface area (Å²) in [6, 6.07) is -0.273. The molecule has 0 aromatic carbocycles. The van der Waals surface area contributed by atoms with Gasteiger partial charge in [-0.1, -0.05) is 19.9 Å². The number of aromatic amines is 2. The number of nitrogens with zero attached hydrogens (tertiary/aromatic N) is 1. The lowest BCUT2D eigenvalue weighted by atomic mass is 9.91. The third kappa shape index (κ3) is 6.77. The second-order valence-electron chi connectivity index (χ2n) is 11.4. The quantitative estimate of drug-likeness (QED) is 0.150. The zero-order valence-electron chi connectivity index (χ0n) is 25.6. The largest absolute Gasteiger partial charge is 0.481 e. The number of amides is 2. The van der Waals surface area contributed by atoms with E-state index in [4.69, 9.17) is 0 Å². The molecule has 0 radical (unpaired) electrons. The molecule has 0 bridgehead atoms. The Kier molecular flexibility index (Phi) is 10.1. The Bertz CT molecular complexity index is 1740. The summed E-state index contributed by atoms with van der Waals surface area (Å²) in [6.45, 7) is 9.56. The molecule has 1 fully saturated rings. The average Bonchev–Trinajstić information content (AvgIpc) is 3.60. The van der Waals surface area contributed by atoms with Crippen LogP contribution >= 0.6 is 12.6 Å². The van der Waals surface area contributed by atoms with E-state index in [9.17, 15) is 29.7 Å². The number of nitrogens with one attached hydrogen (secondary N) is 3. The zero-order chi connectivity index (χ0) is 32.3. The predicted molar refractivity (Wildman–Crippen MR) is 173 cm³/mol. The van der Waals surface area contributed by atoms with Crippen LogP contribution in [0.5, 0.6) is 0 Å². The number of hydrogen-bond acceptors (Lipinski definition) is 6. The second kappa shape index (κ2) is 13.6. The fraction of sp³-hybridized carbons (Fsp3) is 0.394. The van der Waals surface area contributed by atoms with E-state index in [1.165, 1.54) is 6.08 Å². The Hall–Kier alpha value is -4.25. The van der Waals surface area contributed by atoms with Crippen LogP contribution in [0.2, 0.25) is 0 Å². The second-order valence-corrected chi connectivity index (χ2v) is 11.7. The maximum Gasteiger partial charge on any atom is 0.303 e. The predicted octanol–water partition coefficient (Wildman–Crippen LogP) is 3.53. The lowest BCUT2D eigenvalue weighted by Gasteiger charge is -2.13. The van der Waals surface area contributed by atoms with Crippen LogP contribution in [0.15, 0.2) is 39.6 Å². The van der Waals surface area contributed by atoms with Gasteiger partial charge in [0, 0.05) is 58.4 Å². The van der Waals surface area contributed by atoms with Gasteiger partial charge in [0.15, 0.2) is 0 Å². The van der Waals surface area contributed by atoms with Crippen molar-refractivity contribution in [2.24, 2.45) is 16.8 Å². The average molecular weight is 621 g/mol. The number of carbonyl (C=O) groups is 3. The van der Waals surface area contributed by atoms with Crippen molar-refractivity contribution in [2.45, 2.75) is 72.8 Å². The van der Waals surface area contributed by atoms with Crippen LogP contribution in [0.25, 0.3) is 12.2 Å². The van der Waals surface area contributed by atoms with Crippen molar-refractivity contribution < 1.29 is 29.7 Å². The Labute approximate surface area is 261 Å². The van der Waals surface area contributed by atoms with Gasteiger partial charge in [-0.05, 0) is 85.4 Å². The number of aliphatic hydroxyl groups is 2. The first-order valence-corrected chi connectivity index (χ1v) is 15.2. The molecule has 6 N–H and O–H groups in total. The molecule has 3 atom stereocenters. The van der Waals surface area contributed by atoms with Gasteiger partial charge < -0.3 is 30.6 Å². The van der Waals surface area contributed by atoms with Gasteiger partial charge in [0.05, 0.1) is 11.8 Å². The van der Waals surface area contributed by atoms with E-state index < -0.39 is 11.9 Å². The monoisotopic (exact) mass is 620 g/mol. The summed E-state index contributed by atoms with van der Waals surface area (Å²) in [5.41, 5.74) is 7.25. The Morgan fingerprint density at radius 1 is 1.05 bits per heavy atom. The normalized spacial score (nSPS) is 21.1. The Balaban J connectivity index is 1.86. The molecule has 1 unspecified atom stereocenters. The van der Waals surface area contributed by atoms with Crippen molar-refractivity contribution in [1.82, 2.24) is 15.3 Å². The minimum absolute atomic E-state index is 0.0475. The van der Waals surface area contributed by atoms with Crippen LogP contribution in [-0.2, 0) is 33.6 Å². The molecule has 11 heteroatoms. The summed E-state index contributed by atoms with van der Waals surface area (Å²) in [4.78, 5) is 47.6. The third-order valence-electron chi connectivity index (χ3n) is 8.78. The molecule has 1 saturated heterocycles. The first-order valence-electron chi connectivity index (χ1n) is 14.7. The van der Waals surface area contributed by atoms with Crippen molar-refractivity contribution in [1.29, 1.82) is 0 Å². The summed E-state index contributed by atoms with van der Waals surface area (Å²) in [5, 5.41) is 34.6. The zero-order valence-corrected chi connectivity index (χ0v) is 26.5. The van der Waals surface area contributed by atoms with Crippen molar-refractivity contribution in [3.05, 3.63) is 79.0 Å². The Morgan fingerprint density at radius 2 is 1.77 bits per heavy atom. The van der Waals surface area contributed by atoms with Crippen LogP contribution in [0.1, 0.15) is 67.3 Å². The standard InChI is InChI=1S/C33H40N4O6S/c1-6-20-16(2)26(36-33(20)43)13-24-17(3)21(7-9-30(38)39)27(34-24)15-28-22(8-10-31(40)41)18(4)25(35-28)14-29-23(11-12-44)19(5)32(42)37-29/h9,11-12,14-15,19,23,29,34-35,38-39,44H,6-8,10,13H2,1-5H3,(H,37,42)(H,40,41)/b12-11+,25-14+,28-15-/t19-,23-,29?/m1/s1. The number of carbonyl (C=O) groups excluding carboxylic acids is 2. The molecule has 2 amide bonds. The highest BCUT2D eigenvalue weighted by molar-refractivity contribution is 7.83. The number of allylic oxidation sites excluding steroid dienone is 2. The van der Waals surface area contributed by atoms with Gasteiger partial charge in [0.1, 0.15) is 0 Å². The molecule has 0 saturated carbocycles. The van der Waals surface area contributed by atoms with E-state index >= 15 is 0 Å². The van der Waals surface area contributed by atoms with E-state index in [-0.39, 0.29) is 49.0 Å². The van der Waals surface area contributed by atoms with Gasteiger partial charge in [-0.3, -0.25) is 14.4 Å². The topological polar surface area (TPSA) is 168 Å². The first-order chi connectivity index (χ1) is 20.9. The minimum atomic E-state index is -0.915. The van der Waals surface area contributed by atoms with Gasteiger partial charge in [-0.2, -0.15) is 12.6 Å². The number of hydrogen-bond donors (Lipinski definition) is 7. The number of aliphatic carboxylic acids is 1. The number of aromatic nitrogens is 2. The van der Waals surface area contributed by atoms with E-state index in [0.717, 1.165) is 38.9 Å². The number of aliphatic imine (C=N–C) groups is 1. The van der Waals surface area contributed by atoms with Crippen LogP contribution in [-0.4, -0.2) is 54.8 Å². The molecule has 2 aromatic rings. The molecule has 44 heavy (non-hydrogen) atoms. The highest BCUT2D eigenvalue weighted by atomic mass is 32.1. The molecule has 0 spiro atoms. The molecule has 0 aliphatic carbocycles. The summed E-state index contributed by atoms with van der Waals surface area (Å²) in [7, 11) is 0. The van der Waals surface area contributed by atoms with Gasteiger partial charge in [0.25, 0.3) is 11.9 Å². The van der Waals surface area contributed by atoms with E-state index in [0.29, 0.717) is 35.2 Å². The summed E-state index contributed by atoms with van der Waals surface area (Å²) < 4.78 is 0. The van der Waals surface area contributed by atoms with Gasteiger partial charge in [0.2, 0.25) is 5.91 Å². The molecule has 10 nitrogen and oxygen atoms in total. The number of H-pyrrole nitrogens is 2. The molecule has 2 aromatic heterocycles. The smallest absolute Gasteiger partial charge is 0.303 e. The molecule has 4 heterocycles. The van der Waals surface area contributed by atoms with Crippen LogP contribution < -0.4 is 16.0 Å². The van der Waals surface area contributed by atoms with Crippen molar-refractivity contribution >= 4 is 48.3 Å². The van der Waals surface area contributed by atoms with Crippen molar-refractivity contribution in [3.8, 4) is 0 Å². The fourth-order valence-electron chi connectivity index (χ4n) is 6.10. The summed E-state index contributed by atoms with van der Waals surface area (Å²) in [5.74, 6) is -2.28. The van der Waals surface area contributed by atoms with E-state index in [1.807, 2.05) is 52.8 Å². The highest BCUT2D eigenvalue weighted by Crippen LogP contribution is 2.27. The van der Waals surface area contributed by atoms with Crippen LogP contribution in [0, 0.1) is 25.7 Å². The minimum Gasteiger partial charge on any atom is -0.481 e. The number of carboxylic acid groups (broad SMARTS) is 1. The lowest BCUT2D eigenvalue weighted by molar-refractivity contribution is -0.137. The molecule has 2 aliphatic heterocycles. The third-order valence-corrected chi connectivity index (χ3v) is 8.95. The first kappa shape index (κ1) is 32.7. The molecule has 234 valence electrons. The van der Waals surface area contributed by atoms with Crippen LogP contribution in [0.3, 0.4) is 0 Å². The summed E-state index contributed by atoms with van der Waals surface area (Å²) in [6.07, 6.45) is 8.51. The van der Waals surface area contributed by atoms with Gasteiger partial charge in [-0.15, -0.1) is 0 Å². The maximum absolute atomic E-state index is 12.5. The number of thiol groups is 1. The molecule has 2 aliphatic rings. The fourth-order valence-corrected chi connectivity index (χ4v) is 6.30. The van der Waals surface area contributed by atoms with Crippen molar-refractivity contribution in [2.75, 3.05) is 0 Å². The SMILES string of the molecule is CCC1=C(C)C(Cc2[nH]c(/C=c3\[nH]/c(=C/C4NC(=O)[C@H](C)[C@H]4/C=C/S)c(C)c3CCC(=O)O)c(CC=C(O)O)c2C)=NC1=O. The van der Waals surface area contributed by atoms with E-state index in [2.05, 4.69) is 32.9 Å². The molecule has 4 rings (SSSR count). The lowest BCUT2D eigenvalue weighted by Crippen LogP contribution is -2.29. The van der Waals surface area contributed by atoms with E-state index in [1.54, 1.807) is 5.41 Å². The van der Waals surface area contributed by atoms with Gasteiger partial charge >= 0.3 is 5.97 Å². The maximum atomic E-state index is 12.5. The highest BCUT2D eigenvalue weighted by Gasteiger charge is 2.36. The van der Waals surface area contributed by atoms with Gasteiger partial charge in [-0.25, -0.2) is 4.99 Å². The summed E-state index contributed by atoms with van der Waals surface area (Å²) >= 11 is 4.21. The molecular weight excluding hydrogens is 580 g/mol. The van der Waals surface area contributed by atoms with Crippen molar-refractivity contribution in [3.63, 3.8) is 0 Å².